The fraction of sp³-hybridized carbons (Fsp3) is 0.190. The monoisotopic (exact) mass is 333 g/mol. The number of likely N-dealkylation sites (tertiary alicyclic amines) is 1. The van der Waals surface area contributed by atoms with E-state index in [1.807, 2.05) is 48.5 Å². The van der Waals surface area contributed by atoms with E-state index in [1.54, 1.807) is 24.1 Å². The van der Waals surface area contributed by atoms with Crippen LogP contribution in [0.1, 0.15) is 6.42 Å². The van der Waals surface area contributed by atoms with Crippen LogP contribution in [-0.2, 0) is 4.79 Å². The van der Waals surface area contributed by atoms with Gasteiger partial charge in [0.15, 0.2) is 6.10 Å². The van der Waals surface area contributed by atoms with Crippen molar-refractivity contribution in [2.24, 2.45) is 0 Å². The molecule has 1 fully saturated rings. The fourth-order valence-electron chi connectivity index (χ4n) is 3.36. The molecule has 1 aliphatic rings. The van der Waals surface area contributed by atoms with Crippen LogP contribution in [0.5, 0.6) is 11.5 Å². The molecule has 0 radical (unpaired) electrons. The Kier molecular flexibility index (Phi) is 3.80. The maximum absolute atomic E-state index is 12.2. The predicted molar refractivity (Wildman–Crippen MR) is 97.7 cm³/mol. The summed E-state index contributed by atoms with van der Waals surface area (Å²) in [5.41, 5.74) is 1.77. The number of carbonyl (C=O) groups excluding carboxylic acids is 1. The van der Waals surface area contributed by atoms with Gasteiger partial charge < -0.3 is 14.7 Å². The van der Waals surface area contributed by atoms with Gasteiger partial charge in [0.25, 0.3) is 5.91 Å². The van der Waals surface area contributed by atoms with Crippen molar-refractivity contribution in [2.45, 2.75) is 12.5 Å². The SMILES string of the molecule is CN1CCC(Oc2ccc3ccccc3c2-c2cccc(O)c2)C1=O. The van der Waals surface area contributed by atoms with Gasteiger partial charge in [-0.3, -0.25) is 4.79 Å². The fourth-order valence-corrected chi connectivity index (χ4v) is 3.36. The predicted octanol–water partition coefficient (Wildman–Crippen LogP) is 3.82. The number of nitrogens with zero attached hydrogens (tertiary/aromatic N) is 1. The summed E-state index contributed by atoms with van der Waals surface area (Å²) in [4.78, 5) is 13.9. The van der Waals surface area contributed by atoms with E-state index >= 15 is 0 Å². The first kappa shape index (κ1) is 15.5. The van der Waals surface area contributed by atoms with E-state index in [0.717, 1.165) is 21.9 Å². The molecule has 3 aromatic rings. The Hall–Kier alpha value is -3.01. The number of hydrogen-bond acceptors (Lipinski definition) is 3. The van der Waals surface area contributed by atoms with Crippen molar-refractivity contribution in [3.8, 4) is 22.6 Å². The average Bonchev–Trinajstić information content (AvgIpc) is 2.93. The number of benzene rings is 3. The summed E-state index contributed by atoms with van der Waals surface area (Å²) in [6, 6.07) is 19.1. The number of rotatable bonds is 3. The van der Waals surface area contributed by atoms with Crippen LogP contribution in [0.2, 0.25) is 0 Å². The topological polar surface area (TPSA) is 49.8 Å². The van der Waals surface area contributed by atoms with Gasteiger partial charge in [-0.15, -0.1) is 0 Å². The van der Waals surface area contributed by atoms with E-state index in [2.05, 4.69) is 0 Å². The molecule has 0 spiro atoms. The standard InChI is InChI=1S/C21H19NO3/c1-22-12-11-19(21(22)24)25-18-10-9-14-5-2-3-8-17(14)20(18)15-6-4-7-16(23)13-15/h2-10,13,19,23H,11-12H2,1H3. The van der Waals surface area contributed by atoms with Gasteiger partial charge in [-0.2, -0.15) is 0 Å². The third-order valence-corrected chi connectivity index (χ3v) is 4.67. The number of hydrogen-bond donors (Lipinski definition) is 1. The molecule has 1 heterocycles. The summed E-state index contributed by atoms with van der Waals surface area (Å²) < 4.78 is 6.12. The molecule has 1 amide bonds. The van der Waals surface area contributed by atoms with E-state index in [4.69, 9.17) is 4.74 Å². The van der Waals surface area contributed by atoms with Gasteiger partial charge in [0.05, 0.1) is 0 Å². The lowest BCUT2D eigenvalue weighted by Crippen LogP contribution is -2.29. The second-order valence-electron chi connectivity index (χ2n) is 6.37. The van der Waals surface area contributed by atoms with Crippen LogP contribution in [-0.4, -0.2) is 35.6 Å². The molecule has 0 aliphatic carbocycles. The van der Waals surface area contributed by atoms with Crippen molar-refractivity contribution in [1.29, 1.82) is 0 Å². The van der Waals surface area contributed by atoms with Crippen LogP contribution in [0.4, 0.5) is 0 Å². The number of carbonyl (C=O) groups is 1. The summed E-state index contributed by atoms with van der Waals surface area (Å²) >= 11 is 0. The second-order valence-corrected chi connectivity index (χ2v) is 6.37. The molecule has 1 unspecified atom stereocenters. The summed E-state index contributed by atoms with van der Waals surface area (Å²) in [6.07, 6.45) is 0.226. The number of ether oxygens (including phenoxy) is 1. The van der Waals surface area contributed by atoms with Crippen molar-refractivity contribution in [1.82, 2.24) is 4.90 Å². The third-order valence-electron chi connectivity index (χ3n) is 4.67. The zero-order valence-corrected chi connectivity index (χ0v) is 14.0. The van der Waals surface area contributed by atoms with E-state index < -0.39 is 6.10 Å². The second kappa shape index (κ2) is 6.13. The number of phenolic OH excluding ortho intramolecular Hbond substituents is 1. The van der Waals surface area contributed by atoms with E-state index in [1.165, 1.54) is 0 Å². The minimum Gasteiger partial charge on any atom is -0.508 e. The molecule has 1 N–H and O–H groups in total. The Morgan fingerprint density at radius 3 is 2.68 bits per heavy atom. The largest absolute Gasteiger partial charge is 0.508 e. The lowest BCUT2D eigenvalue weighted by atomic mass is 9.97. The first-order valence-electron chi connectivity index (χ1n) is 8.36. The van der Waals surface area contributed by atoms with Gasteiger partial charge in [-0.1, -0.05) is 42.5 Å². The van der Waals surface area contributed by atoms with Crippen molar-refractivity contribution in [2.75, 3.05) is 13.6 Å². The van der Waals surface area contributed by atoms with Gasteiger partial charge in [0.1, 0.15) is 11.5 Å². The maximum atomic E-state index is 12.2. The molecule has 126 valence electrons. The van der Waals surface area contributed by atoms with Crippen LogP contribution in [0, 0.1) is 0 Å². The molecule has 0 saturated carbocycles. The van der Waals surface area contributed by atoms with Crippen molar-refractivity contribution < 1.29 is 14.6 Å². The van der Waals surface area contributed by atoms with Crippen molar-refractivity contribution in [3.63, 3.8) is 0 Å². The normalized spacial score (nSPS) is 17.2. The minimum atomic E-state index is -0.456. The molecule has 0 bridgehead atoms. The molecule has 0 aromatic heterocycles. The molecular weight excluding hydrogens is 314 g/mol. The Bertz CT molecular complexity index is 951. The highest BCUT2D eigenvalue weighted by molar-refractivity contribution is 6.00. The number of fused-ring (bicyclic) bond motifs is 1. The third kappa shape index (κ3) is 2.80. The van der Waals surface area contributed by atoms with Crippen molar-refractivity contribution in [3.05, 3.63) is 60.7 Å². The van der Waals surface area contributed by atoms with Gasteiger partial charge in [-0.05, 0) is 34.5 Å². The van der Waals surface area contributed by atoms with Crippen LogP contribution in [0.3, 0.4) is 0 Å². The molecule has 1 aliphatic heterocycles. The van der Waals surface area contributed by atoms with Crippen LogP contribution < -0.4 is 4.74 Å². The Labute approximate surface area is 146 Å². The molecule has 1 saturated heterocycles. The minimum absolute atomic E-state index is 0.00928. The molecule has 1 atom stereocenters. The van der Waals surface area contributed by atoms with Crippen LogP contribution in [0.15, 0.2) is 60.7 Å². The highest BCUT2D eigenvalue weighted by Crippen LogP contribution is 2.39. The van der Waals surface area contributed by atoms with Gasteiger partial charge in [0, 0.05) is 25.6 Å². The van der Waals surface area contributed by atoms with Gasteiger partial charge >= 0.3 is 0 Å². The van der Waals surface area contributed by atoms with E-state index in [9.17, 15) is 9.90 Å². The van der Waals surface area contributed by atoms with Crippen LogP contribution in [0.25, 0.3) is 21.9 Å². The number of likely N-dealkylation sites (N-methyl/N-ethyl adjacent to an activating group) is 1. The first-order chi connectivity index (χ1) is 12.1. The van der Waals surface area contributed by atoms with Gasteiger partial charge in [-0.25, -0.2) is 0 Å². The Balaban J connectivity index is 1.86. The highest BCUT2D eigenvalue weighted by atomic mass is 16.5. The Morgan fingerprint density at radius 1 is 1.08 bits per heavy atom. The van der Waals surface area contributed by atoms with Crippen molar-refractivity contribution >= 4 is 16.7 Å². The molecule has 25 heavy (non-hydrogen) atoms. The maximum Gasteiger partial charge on any atom is 0.263 e. The lowest BCUT2D eigenvalue weighted by molar-refractivity contribution is -0.132. The summed E-state index contributed by atoms with van der Waals surface area (Å²) in [5.74, 6) is 0.876. The zero-order valence-electron chi connectivity index (χ0n) is 14.0. The quantitative estimate of drug-likeness (QED) is 0.793. The molecule has 3 aromatic carbocycles. The van der Waals surface area contributed by atoms with Gasteiger partial charge in [0.2, 0.25) is 0 Å². The van der Waals surface area contributed by atoms with E-state index in [-0.39, 0.29) is 11.7 Å². The highest BCUT2D eigenvalue weighted by Gasteiger charge is 2.31. The number of phenols is 1. The van der Waals surface area contributed by atoms with E-state index in [0.29, 0.717) is 18.7 Å². The zero-order chi connectivity index (χ0) is 17.4. The number of amides is 1. The number of aromatic hydroxyl groups is 1. The summed E-state index contributed by atoms with van der Waals surface area (Å²) in [7, 11) is 1.79. The molecule has 4 nitrogen and oxygen atoms in total. The Morgan fingerprint density at radius 2 is 1.92 bits per heavy atom. The first-order valence-corrected chi connectivity index (χ1v) is 8.36. The molecule has 4 heteroatoms. The molecule has 4 rings (SSSR count). The summed E-state index contributed by atoms with van der Waals surface area (Å²) in [6.45, 7) is 0.707. The summed E-state index contributed by atoms with van der Waals surface area (Å²) in [5, 5.41) is 12.0. The smallest absolute Gasteiger partial charge is 0.263 e. The van der Waals surface area contributed by atoms with Crippen LogP contribution >= 0.6 is 0 Å². The average molecular weight is 333 g/mol. The molecular formula is C21H19NO3. The lowest BCUT2D eigenvalue weighted by Gasteiger charge is -2.18.